The van der Waals surface area contributed by atoms with Crippen LogP contribution in [0.1, 0.15) is 5.56 Å². The zero-order valence-electron chi connectivity index (χ0n) is 14.6. The van der Waals surface area contributed by atoms with Gasteiger partial charge in [0.25, 0.3) is 0 Å². The Labute approximate surface area is 162 Å². The number of rotatable bonds is 6. The molecule has 0 spiro atoms. The summed E-state index contributed by atoms with van der Waals surface area (Å²) in [5.41, 5.74) is 1.46. The molecule has 7 heteroatoms. The molecule has 0 radical (unpaired) electrons. The van der Waals surface area contributed by atoms with Gasteiger partial charge >= 0.3 is 6.03 Å². The lowest BCUT2D eigenvalue weighted by Gasteiger charge is -2.13. The number of para-hydroxylation sites is 1. The van der Waals surface area contributed by atoms with Crippen molar-refractivity contribution in [2.45, 2.75) is 6.61 Å². The van der Waals surface area contributed by atoms with Gasteiger partial charge in [0.15, 0.2) is 11.6 Å². The molecule has 2 N–H and O–H groups in total. The summed E-state index contributed by atoms with van der Waals surface area (Å²) in [6.07, 6.45) is 1.57. The monoisotopic (exact) mass is 383 g/mol. The summed E-state index contributed by atoms with van der Waals surface area (Å²) in [7, 11) is 1.61. The third kappa shape index (κ3) is 5.12. The number of ether oxygens (including phenoxy) is 2. The van der Waals surface area contributed by atoms with Crippen molar-refractivity contribution in [3.05, 3.63) is 77.4 Å². The predicted octanol–water partition coefficient (Wildman–Crippen LogP) is 4.97. The summed E-state index contributed by atoms with van der Waals surface area (Å²) in [5.74, 6) is 1.49. The maximum atomic E-state index is 12.2. The SMILES string of the molecule is COc1ccccc1COc1cccnc1NC(=O)Nc1cccc(Cl)c1. The van der Waals surface area contributed by atoms with Gasteiger partial charge in [-0.2, -0.15) is 0 Å². The van der Waals surface area contributed by atoms with E-state index in [1.807, 2.05) is 24.3 Å². The fraction of sp³-hybridized carbons (Fsp3) is 0.100. The number of urea groups is 1. The van der Waals surface area contributed by atoms with Gasteiger partial charge in [-0.1, -0.05) is 35.9 Å². The third-order valence-electron chi connectivity index (χ3n) is 3.66. The van der Waals surface area contributed by atoms with Crippen molar-refractivity contribution in [2.75, 3.05) is 17.7 Å². The van der Waals surface area contributed by atoms with E-state index in [2.05, 4.69) is 15.6 Å². The molecule has 0 aliphatic heterocycles. The largest absolute Gasteiger partial charge is 0.496 e. The second-order valence-corrected chi connectivity index (χ2v) is 5.98. The first-order valence-corrected chi connectivity index (χ1v) is 8.57. The van der Waals surface area contributed by atoms with E-state index >= 15 is 0 Å². The predicted molar refractivity (Wildman–Crippen MR) is 106 cm³/mol. The summed E-state index contributed by atoms with van der Waals surface area (Å²) in [6.45, 7) is 0.278. The molecule has 1 aromatic heterocycles. The molecule has 1 heterocycles. The van der Waals surface area contributed by atoms with Crippen molar-refractivity contribution >= 4 is 29.1 Å². The fourth-order valence-corrected chi connectivity index (χ4v) is 2.61. The van der Waals surface area contributed by atoms with Crippen LogP contribution in [-0.2, 0) is 6.61 Å². The molecule has 3 aromatic rings. The Morgan fingerprint density at radius 2 is 1.85 bits per heavy atom. The molecule has 0 unspecified atom stereocenters. The molecule has 0 fully saturated rings. The second-order valence-electron chi connectivity index (χ2n) is 5.54. The first-order chi connectivity index (χ1) is 13.2. The van der Waals surface area contributed by atoms with E-state index in [4.69, 9.17) is 21.1 Å². The number of hydrogen-bond donors (Lipinski definition) is 2. The number of nitrogens with zero attached hydrogens (tertiary/aromatic N) is 1. The lowest BCUT2D eigenvalue weighted by molar-refractivity contribution is 0.261. The van der Waals surface area contributed by atoms with Crippen LogP contribution in [0.4, 0.5) is 16.3 Å². The number of anilines is 2. The van der Waals surface area contributed by atoms with Gasteiger partial charge in [-0.3, -0.25) is 5.32 Å². The van der Waals surface area contributed by atoms with Crippen LogP contribution in [0.3, 0.4) is 0 Å². The zero-order chi connectivity index (χ0) is 19.1. The molecular weight excluding hydrogens is 366 g/mol. The molecule has 27 heavy (non-hydrogen) atoms. The standard InChI is InChI=1S/C20H18ClN3O3/c1-26-17-9-3-2-6-14(17)13-27-18-10-5-11-22-19(18)24-20(25)23-16-8-4-7-15(21)12-16/h2-12H,13H2,1H3,(H2,22,23,24,25). The van der Waals surface area contributed by atoms with Gasteiger partial charge in [-0.25, -0.2) is 9.78 Å². The number of amides is 2. The first kappa shape index (κ1) is 18.5. The van der Waals surface area contributed by atoms with Gasteiger partial charge in [0.1, 0.15) is 12.4 Å². The Balaban J connectivity index is 1.67. The van der Waals surface area contributed by atoms with E-state index in [0.29, 0.717) is 22.3 Å². The average molecular weight is 384 g/mol. The van der Waals surface area contributed by atoms with Gasteiger partial charge in [0.2, 0.25) is 0 Å². The molecule has 0 saturated carbocycles. The minimum atomic E-state index is -0.446. The van der Waals surface area contributed by atoms with E-state index < -0.39 is 6.03 Å². The van der Waals surface area contributed by atoms with Crippen molar-refractivity contribution < 1.29 is 14.3 Å². The summed E-state index contributed by atoms with van der Waals surface area (Å²) in [4.78, 5) is 16.4. The number of methoxy groups -OCH3 is 1. The Hall–Kier alpha value is -3.25. The molecule has 6 nitrogen and oxygen atoms in total. The molecule has 0 saturated heterocycles. The fourth-order valence-electron chi connectivity index (χ4n) is 2.41. The Kier molecular flexibility index (Phi) is 6.12. The van der Waals surface area contributed by atoms with Crippen LogP contribution in [0.2, 0.25) is 5.02 Å². The zero-order valence-corrected chi connectivity index (χ0v) is 15.4. The van der Waals surface area contributed by atoms with Crippen LogP contribution in [-0.4, -0.2) is 18.1 Å². The molecule has 0 atom stereocenters. The molecule has 0 bridgehead atoms. The Morgan fingerprint density at radius 1 is 1.04 bits per heavy atom. The molecule has 0 aliphatic rings. The highest BCUT2D eigenvalue weighted by Crippen LogP contribution is 2.25. The van der Waals surface area contributed by atoms with Crippen molar-refractivity contribution in [3.63, 3.8) is 0 Å². The highest BCUT2D eigenvalue weighted by Gasteiger charge is 2.11. The molecular formula is C20H18ClN3O3. The quantitative estimate of drug-likeness (QED) is 0.630. The van der Waals surface area contributed by atoms with Crippen molar-refractivity contribution in [2.24, 2.45) is 0 Å². The highest BCUT2D eigenvalue weighted by molar-refractivity contribution is 6.30. The highest BCUT2D eigenvalue weighted by atomic mass is 35.5. The van der Waals surface area contributed by atoms with E-state index in [1.54, 1.807) is 49.7 Å². The van der Waals surface area contributed by atoms with Crippen molar-refractivity contribution in [1.82, 2.24) is 4.98 Å². The van der Waals surface area contributed by atoms with Crippen LogP contribution in [0, 0.1) is 0 Å². The molecule has 2 amide bonds. The van der Waals surface area contributed by atoms with E-state index in [9.17, 15) is 4.79 Å². The number of halogens is 1. The number of benzene rings is 2. The number of carbonyl (C=O) groups excluding carboxylic acids is 1. The molecule has 2 aromatic carbocycles. The number of aromatic nitrogens is 1. The van der Waals surface area contributed by atoms with Gasteiger partial charge < -0.3 is 14.8 Å². The van der Waals surface area contributed by atoms with Crippen LogP contribution < -0.4 is 20.1 Å². The first-order valence-electron chi connectivity index (χ1n) is 8.19. The minimum absolute atomic E-state index is 0.278. The van der Waals surface area contributed by atoms with Crippen LogP contribution in [0.15, 0.2) is 66.9 Å². The maximum absolute atomic E-state index is 12.2. The van der Waals surface area contributed by atoms with Gasteiger partial charge in [0, 0.05) is 22.5 Å². The number of hydrogen-bond acceptors (Lipinski definition) is 4. The van der Waals surface area contributed by atoms with Gasteiger partial charge in [-0.05, 0) is 36.4 Å². The van der Waals surface area contributed by atoms with Crippen LogP contribution >= 0.6 is 11.6 Å². The van der Waals surface area contributed by atoms with E-state index in [0.717, 1.165) is 11.3 Å². The second kappa shape index (κ2) is 8.91. The van der Waals surface area contributed by atoms with Crippen LogP contribution in [0.25, 0.3) is 0 Å². The summed E-state index contributed by atoms with van der Waals surface area (Å²) >= 11 is 5.92. The van der Waals surface area contributed by atoms with Gasteiger partial charge in [-0.15, -0.1) is 0 Å². The van der Waals surface area contributed by atoms with Crippen molar-refractivity contribution in [3.8, 4) is 11.5 Å². The molecule has 0 aliphatic carbocycles. The summed E-state index contributed by atoms with van der Waals surface area (Å²) in [5, 5.41) is 5.92. The topological polar surface area (TPSA) is 72.5 Å². The molecule has 138 valence electrons. The van der Waals surface area contributed by atoms with E-state index in [1.165, 1.54) is 0 Å². The number of nitrogens with one attached hydrogen (secondary N) is 2. The Bertz CT molecular complexity index is 934. The smallest absolute Gasteiger partial charge is 0.324 e. The van der Waals surface area contributed by atoms with Gasteiger partial charge in [0.05, 0.1) is 7.11 Å². The normalized spacial score (nSPS) is 10.1. The molecule has 3 rings (SSSR count). The van der Waals surface area contributed by atoms with Crippen molar-refractivity contribution in [1.29, 1.82) is 0 Å². The summed E-state index contributed by atoms with van der Waals surface area (Å²) < 4.78 is 11.1. The number of carbonyl (C=O) groups is 1. The minimum Gasteiger partial charge on any atom is -0.496 e. The maximum Gasteiger partial charge on any atom is 0.324 e. The number of pyridine rings is 1. The van der Waals surface area contributed by atoms with E-state index in [-0.39, 0.29) is 6.61 Å². The third-order valence-corrected chi connectivity index (χ3v) is 3.90. The lowest BCUT2D eigenvalue weighted by atomic mass is 10.2. The van der Waals surface area contributed by atoms with Crippen LogP contribution in [0.5, 0.6) is 11.5 Å². The summed E-state index contributed by atoms with van der Waals surface area (Å²) in [6, 6.07) is 17.5. The Morgan fingerprint density at radius 3 is 2.67 bits per heavy atom. The lowest BCUT2D eigenvalue weighted by Crippen LogP contribution is -2.20. The average Bonchev–Trinajstić information content (AvgIpc) is 2.67.